The van der Waals surface area contributed by atoms with E-state index in [1.165, 1.54) is 6.92 Å². The second kappa shape index (κ2) is 4.72. The molecule has 0 spiro atoms. The van der Waals surface area contributed by atoms with E-state index in [-0.39, 0.29) is 0 Å². The van der Waals surface area contributed by atoms with E-state index in [2.05, 4.69) is 26.2 Å². The van der Waals surface area contributed by atoms with Crippen LogP contribution in [0.25, 0.3) is 0 Å². The maximum atomic E-state index is 11.6. The number of halogens is 1. The van der Waals surface area contributed by atoms with Gasteiger partial charge in [0.25, 0.3) is 5.91 Å². The molecule has 0 aliphatic rings. The molecule has 15 heavy (non-hydrogen) atoms. The molecule has 0 saturated heterocycles. The van der Waals surface area contributed by atoms with E-state index in [0.717, 1.165) is 0 Å². The van der Waals surface area contributed by atoms with Crippen LogP contribution in [-0.4, -0.2) is 21.6 Å². The van der Waals surface area contributed by atoms with Crippen LogP contribution in [0.4, 0.5) is 5.69 Å². The molecule has 0 fully saturated rings. The van der Waals surface area contributed by atoms with Gasteiger partial charge in [-0.3, -0.25) is 4.79 Å². The molecule has 0 radical (unpaired) electrons. The topological polar surface area (TPSA) is 62.2 Å². The molecule has 0 aliphatic carbocycles. The van der Waals surface area contributed by atoms with Crippen molar-refractivity contribution in [3.63, 3.8) is 0 Å². The van der Waals surface area contributed by atoms with Crippen molar-refractivity contribution in [1.29, 1.82) is 0 Å². The molecule has 1 amide bonds. The van der Waals surface area contributed by atoms with E-state index in [9.17, 15) is 9.90 Å². The molecule has 1 rings (SSSR count). The van der Waals surface area contributed by atoms with Crippen LogP contribution < -0.4 is 5.32 Å². The molecule has 1 aromatic heterocycles. The number of carbonyl (C=O) groups is 1. The van der Waals surface area contributed by atoms with Crippen LogP contribution >= 0.6 is 15.9 Å². The fraction of sp³-hybridized carbons (Fsp3) is 0.400. The molecule has 0 aliphatic heterocycles. The Kier molecular flexibility index (Phi) is 3.82. The van der Waals surface area contributed by atoms with Crippen molar-refractivity contribution in [2.75, 3.05) is 5.32 Å². The minimum absolute atomic E-state index is 0.366. The third-order valence-electron chi connectivity index (χ3n) is 2.16. The van der Waals surface area contributed by atoms with Gasteiger partial charge in [0.1, 0.15) is 10.2 Å². The highest BCUT2D eigenvalue weighted by Crippen LogP contribution is 2.16. The number of amides is 1. The quantitative estimate of drug-likeness (QED) is 0.827. The first-order chi connectivity index (χ1) is 6.95. The number of rotatable bonds is 3. The zero-order valence-corrected chi connectivity index (χ0v) is 10.2. The van der Waals surface area contributed by atoms with Crippen LogP contribution in [0.5, 0.6) is 0 Å². The number of carbonyl (C=O) groups excluding carboxylic acids is 1. The zero-order valence-electron chi connectivity index (χ0n) is 8.62. The van der Waals surface area contributed by atoms with E-state index in [4.69, 9.17) is 0 Å². The van der Waals surface area contributed by atoms with Crippen LogP contribution in [0.3, 0.4) is 0 Å². The van der Waals surface area contributed by atoms with Gasteiger partial charge in [-0.1, -0.05) is 6.92 Å². The van der Waals surface area contributed by atoms with E-state index in [1.807, 2.05) is 0 Å². The fourth-order valence-corrected chi connectivity index (χ4v) is 1.27. The number of hydrogen-bond donors (Lipinski definition) is 2. The summed E-state index contributed by atoms with van der Waals surface area (Å²) in [5, 5.41) is 12.3. The van der Waals surface area contributed by atoms with Gasteiger partial charge in [-0.05, 0) is 41.4 Å². The lowest BCUT2D eigenvalue weighted by Crippen LogP contribution is -2.39. The van der Waals surface area contributed by atoms with Gasteiger partial charge in [-0.25, -0.2) is 4.98 Å². The Morgan fingerprint density at radius 3 is 2.93 bits per heavy atom. The Hall–Kier alpha value is -0.940. The Balaban J connectivity index is 2.75. The van der Waals surface area contributed by atoms with Crippen molar-refractivity contribution in [2.24, 2.45) is 0 Å². The monoisotopic (exact) mass is 272 g/mol. The summed E-state index contributed by atoms with van der Waals surface area (Å²) in [6.07, 6.45) is 1.94. The predicted molar refractivity (Wildman–Crippen MR) is 61.5 cm³/mol. The lowest BCUT2D eigenvalue weighted by Gasteiger charge is -2.20. The zero-order chi connectivity index (χ0) is 11.5. The standard InChI is InChI=1S/C10H13BrN2O2/c1-3-10(2,15)9(14)13-7-4-5-12-8(11)6-7/h4-6,15H,3H2,1-2H3,(H,12,13,14)/t10-/m0/s1. The molecular weight excluding hydrogens is 260 g/mol. The van der Waals surface area contributed by atoms with Crippen molar-refractivity contribution < 1.29 is 9.90 Å². The highest BCUT2D eigenvalue weighted by atomic mass is 79.9. The molecule has 0 bridgehead atoms. The first kappa shape index (κ1) is 12.1. The summed E-state index contributed by atoms with van der Waals surface area (Å²) in [6.45, 7) is 3.24. The Morgan fingerprint density at radius 1 is 1.73 bits per heavy atom. The highest BCUT2D eigenvalue weighted by molar-refractivity contribution is 9.10. The molecule has 1 aromatic rings. The van der Waals surface area contributed by atoms with Crippen LogP contribution in [0.15, 0.2) is 22.9 Å². The summed E-state index contributed by atoms with van der Waals surface area (Å²) in [6, 6.07) is 3.33. The highest BCUT2D eigenvalue weighted by Gasteiger charge is 2.27. The van der Waals surface area contributed by atoms with Crippen molar-refractivity contribution >= 4 is 27.5 Å². The second-order valence-corrected chi connectivity index (χ2v) is 4.26. The van der Waals surface area contributed by atoms with Crippen molar-refractivity contribution in [3.05, 3.63) is 22.9 Å². The van der Waals surface area contributed by atoms with E-state index in [0.29, 0.717) is 16.7 Å². The molecule has 82 valence electrons. The normalized spacial score (nSPS) is 14.4. The van der Waals surface area contributed by atoms with Crippen LogP contribution in [0.1, 0.15) is 20.3 Å². The largest absolute Gasteiger partial charge is 0.380 e. The first-order valence-corrected chi connectivity index (χ1v) is 5.40. The molecule has 1 atom stereocenters. The fourth-order valence-electron chi connectivity index (χ4n) is 0.907. The molecule has 1 heterocycles. The molecule has 5 heteroatoms. The van der Waals surface area contributed by atoms with Crippen molar-refractivity contribution in [1.82, 2.24) is 4.98 Å². The maximum absolute atomic E-state index is 11.6. The lowest BCUT2D eigenvalue weighted by molar-refractivity contribution is -0.132. The van der Waals surface area contributed by atoms with Gasteiger partial charge in [0.2, 0.25) is 0 Å². The van der Waals surface area contributed by atoms with E-state index < -0.39 is 11.5 Å². The second-order valence-electron chi connectivity index (χ2n) is 3.45. The summed E-state index contributed by atoms with van der Waals surface area (Å²) in [7, 11) is 0. The van der Waals surface area contributed by atoms with Crippen LogP contribution in [0.2, 0.25) is 0 Å². The molecular formula is C10H13BrN2O2. The molecule has 2 N–H and O–H groups in total. The summed E-state index contributed by atoms with van der Waals surface area (Å²) in [5.41, 5.74) is -0.731. The lowest BCUT2D eigenvalue weighted by atomic mass is 10.0. The minimum Gasteiger partial charge on any atom is -0.380 e. The SMILES string of the molecule is CC[C@](C)(O)C(=O)Nc1ccnc(Br)c1. The Morgan fingerprint density at radius 2 is 2.40 bits per heavy atom. The Bertz CT molecular complexity index is 366. The van der Waals surface area contributed by atoms with Gasteiger partial charge in [-0.15, -0.1) is 0 Å². The van der Waals surface area contributed by atoms with Gasteiger partial charge < -0.3 is 10.4 Å². The summed E-state index contributed by atoms with van der Waals surface area (Å²) < 4.78 is 0.636. The maximum Gasteiger partial charge on any atom is 0.256 e. The number of anilines is 1. The number of aliphatic hydroxyl groups is 1. The van der Waals surface area contributed by atoms with Crippen molar-refractivity contribution in [2.45, 2.75) is 25.9 Å². The van der Waals surface area contributed by atoms with Gasteiger partial charge in [0.15, 0.2) is 0 Å². The van der Waals surface area contributed by atoms with Gasteiger partial charge in [-0.2, -0.15) is 0 Å². The number of aromatic nitrogens is 1. The average Bonchev–Trinajstić information content (AvgIpc) is 2.17. The van der Waals surface area contributed by atoms with Gasteiger partial charge >= 0.3 is 0 Å². The molecule has 4 nitrogen and oxygen atoms in total. The number of pyridine rings is 1. The number of hydrogen-bond acceptors (Lipinski definition) is 3. The number of nitrogens with one attached hydrogen (secondary N) is 1. The van der Waals surface area contributed by atoms with Crippen LogP contribution in [-0.2, 0) is 4.79 Å². The summed E-state index contributed by atoms with van der Waals surface area (Å²) in [4.78, 5) is 15.5. The van der Waals surface area contributed by atoms with Gasteiger partial charge in [0.05, 0.1) is 0 Å². The summed E-state index contributed by atoms with van der Waals surface area (Å²) >= 11 is 3.19. The molecule has 0 aromatic carbocycles. The molecule has 0 saturated carbocycles. The van der Waals surface area contributed by atoms with E-state index >= 15 is 0 Å². The predicted octanol–water partition coefficient (Wildman–Crippen LogP) is 1.94. The summed E-state index contributed by atoms with van der Waals surface area (Å²) in [5.74, 6) is -0.414. The van der Waals surface area contributed by atoms with Gasteiger partial charge in [0, 0.05) is 11.9 Å². The molecule has 0 unspecified atom stereocenters. The average molecular weight is 273 g/mol. The minimum atomic E-state index is -1.34. The van der Waals surface area contributed by atoms with E-state index in [1.54, 1.807) is 25.3 Å². The van der Waals surface area contributed by atoms with Crippen LogP contribution in [0, 0.1) is 0 Å². The van der Waals surface area contributed by atoms with Crippen molar-refractivity contribution in [3.8, 4) is 0 Å². The smallest absolute Gasteiger partial charge is 0.256 e. The number of nitrogens with zero attached hydrogens (tertiary/aromatic N) is 1. The first-order valence-electron chi connectivity index (χ1n) is 4.61. The Labute approximate surface area is 96.8 Å². The third-order valence-corrected chi connectivity index (χ3v) is 2.60. The third kappa shape index (κ3) is 3.28.